The lowest BCUT2D eigenvalue weighted by Gasteiger charge is -2.08. The van der Waals surface area contributed by atoms with Crippen LogP contribution in [0.1, 0.15) is 12.6 Å². The Labute approximate surface area is 128 Å². The fraction of sp³-hybridized carbons (Fsp3) is 0.167. The minimum Gasteiger partial charge on any atom is -0.323 e. The molecule has 0 unspecified atom stereocenters. The Kier molecular flexibility index (Phi) is 2.89. The number of rotatable bonds is 2. The molecule has 2 aromatic carbocycles. The maximum atomic E-state index is 4.80. The maximum Gasteiger partial charge on any atom is 0.161 e. The van der Waals surface area contributed by atoms with Gasteiger partial charge in [0.05, 0.1) is 27.8 Å². The summed E-state index contributed by atoms with van der Waals surface area (Å²) in [6, 6.07) is 16.1. The van der Waals surface area contributed by atoms with E-state index in [9.17, 15) is 0 Å². The van der Waals surface area contributed by atoms with Crippen LogP contribution in [0, 0.1) is 6.92 Å². The molecule has 0 atom stereocenters. The predicted molar refractivity (Wildman–Crippen MR) is 88.7 cm³/mol. The molecule has 0 spiro atoms. The van der Waals surface area contributed by atoms with Crippen LogP contribution in [0.15, 0.2) is 48.5 Å². The van der Waals surface area contributed by atoms with Gasteiger partial charge < -0.3 is 4.57 Å². The lowest BCUT2D eigenvalue weighted by molar-refractivity contribution is 0.792. The first kappa shape index (κ1) is 13.0. The summed E-state index contributed by atoms with van der Waals surface area (Å²) in [6.07, 6.45) is 0. The molecule has 2 heterocycles. The molecule has 108 valence electrons. The van der Waals surface area contributed by atoms with Gasteiger partial charge in [-0.2, -0.15) is 0 Å². The molecule has 0 radical (unpaired) electrons. The minimum absolute atomic E-state index is 0.851. The molecule has 22 heavy (non-hydrogen) atoms. The van der Waals surface area contributed by atoms with Gasteiger partial charge >= 0.3 is 0 Å². The van der Waals surface area contributed by atoms with E-state index in [1.54, 1.807) is 0 Å². The monoisotopic (exact) mass is 288 g/mol. The minimum atomic E-state index is 0.851. The number of hydrogen-bond donors (Lipinski definition) is 0. The van der Waals surface area contributed by atoms with E-state index in [-0.39, 0.29) is 0 Å². The lowest BCUT2D eigenvalue weighted by atomic mass is 10.2. The summed E-state index contributed by atoms with van der Waals surface area (Å²) < 4.78 is 2.20. The first-order valence-corrected chi connectivity index (χ1v) is 7.47. The Balaban J connectivity index is 2.04. The predicted octanol–water partition coefficient (Wildman–Crippen LogP) is 3.97. The Morgan fingerprint density at radius 1 is 0.818 bits per heavy atom. The van der Waals surface area contributed by atoms with Gasteiger partial charge in [-0.1, -0.05) is 24.3 Å². The van der Waals surface area contributed by atoms with E-state index in [0.717, 1.165) is 45.8 Å². The van der Waals surface area contributed by atoms with Gasteiger partial charge in [0.25, 0.3) is 0 Å². The third-order valence-corrected chi connectivity index (χ3v) is 3.93. The molecule has 0 saturated heterocycles. The van der Waals surface area contributed by atoms with E-state index in [0.29, 0.717) is 0 Å². The molecular formula is C18H16N4. The summed E-state index contributed by atoms with van der Waals surface area (Å²) in [5.41, 5.74) is 5.71. The van der Waals surface area contributed by atoms with Crippen LogP contribution in [0.25, 0.3) is 33.6 Å². The summed E-state index contributed by atoms with van der Waals surface area (Å²) in [5, 5.41) is 0. The zero-order valence-corrected chi connectivity index (χ0v) is 12.6. The molecule has 0 saturated carbocycles. The van der Waals surface area contributed by atoms with Crippen molar-refractivity contribution < 1.29 is 0 Å². The van der Waals surface area contributed by atoms with E-state index in [1.165, 1.54) is 0 Å². The summed E-state index contributed by atoms with van der Waals surface area (Å²) >= 11 is 0. The zero-order valence-electron chi connectivity index (χ0n) is 12.6. The normalized spacial score (nSPS) is 11.4. The Hall–Kier alpha value is -2.75. The standard InChI is InChI=1S/C18H16N4/c1-3-22-16-11-7-6-10-15(16)21-18(22)17-12(2)19-13-8-4-5-9-14(13)20-17/h4-11H,3H2,1-2H3. The van der Waals surface area contributed by atoms with Crippen LogP contribution in [0.5, 0.6) is 0 Å². The number of para-hydroxylation sites is 4. The van der Waals surface area contributed by atoms with Crippen molar-refractivity contribution in [3.8, 4) is 11.5 Å². The zero-order chi connectivity index (χ0) is 15.1. The number of fused-ring (bicyclic) bond motifs is 2. The Bertz CT molecular complexity index is 985. The second-order valence-corrected chi connectivity index (χ2v) is 5.31. The molecule has 0 amide bonds. The third-order valence-electron chi connectivity index (χ3n) is 3.93. The molecule has 4 aromatic rings. The second kappa shape index (κ2) is 4.91. The lowest BCUT2D eigenvalue weighted by Crippen LogP contribution is -2.02. The molecule has 0 fully saturated rings. The molecule has 4 nitrogen and oxygen atoms in total. The number of benzene rings is 2. The third kappa shape index (κ3) is 1.88. The van der Waals surface area contributed by atoms with E-state index in [4.69, 9.17) is 9.97 Å². The molecule has 0 bridgehead atoms. The fourth-order valence-corrected chi connectivity index (χ4v) is 2.88. The van der Waals surface area contributed by atoms with Crippen molar-refractivity contribution in [2.45, 2.75) is 20.4 Å². The van der Waals surface area contributed by atoms with E-state index < -0.39 is 0 Å². The topological polar surface area (TPSA) is 43.6 Å². The van der Waals surface area contributed by atoms with Gasteiger partial charge in [0, 0.05) is 6.54 Å². The first-order chi connectivity index (χ1) is 10.8. The van der Waals surface area contributed by atoms with Crippen molar-refractivity contribution in [1.29, 1.82) is 0 Å². The van der Waals surface area contributed by atoms with Gasteiger partial charge in [0.2, 0.25) is 0 Å². The van der Waals surface area contributed by atoms with E-state index >= 15 is 0 Å². The van der Waals surface area contributed by atoms with Crippen LogP contribution < -0.4 is 0 Å². The molecule has 0 aliphatic rings. The quantitative estimate of drug-likeness (QED) is 0.560. The maximum absolute atomic E-state index is 4.80. The SMILES string of the molecule is CCn1c(-c2nc3ccccc3nc2C)nc2ccccc21. The van der Waals surface area contributed by atoms with Crippen molar-refractivity contribution in [3.63, 3.8) is 0 Å². The van der Waals surface area contributed by atoms with Crippen LogP contribution in [0.2, 0.25) is 0 Å². The molecule has 2 aromatic heterocycles. The molecular weight excluding hydrogens is 272 g/mol. The van der Waals surface area contributed by atoms with Crippen LogP contribution in [0.3, 0.4) is 0 Å². The summed E-state index contributed by atoms with van der Waals surface area (Å²) in [7, 11) is 0. The van der Waals surface area contributed by atoms with Crippen LogP contribution in [0.4, 0.5) is 0 Å². The molecule has 0 aliphatic carbocycles. The van der Waals surface area contributed by atoms with Crippen LogP contribution >= 0.6 is 0 Å². The van der Waals surface area contributed by atoms with Crippen molar-refractivity contribution in [2.24, 2.45) is 0 Å². The number of imidazole rings is 1. The van der Waals surface area contributed by atoms with Gasteiger partial charge in [-0.15, -0.1) is 0 Å². The highest BCUT2D eigenvalue weighted by Crippen LogP contribution is 2.26. The highest BCUT2D eigenvalue weighted by molar-refractivity contribution is 5.82. The van der Waals surface area contributed by atoms with Gasteiger partial charge in [0.1, 0.15) is 5.69 Å². The number of aryl methyl sites for hydroxylation is 2. The Morgan fingerprint density at radius 2 is 1.45 bits per heavy atom. The number of hydrogen-bond acceptors (Lipinski definition) is 3. The van der Waals surface area contributed by atoms with E-state index in [1.807, 2.05) is 49.4 Å². The molecule has 4 rings (SSSR count). The number of nitrogens with zero attached hydrogens (tertiary/aromatic N) is 4. The van der Waals surface area contributed by atoms with Gasteiger partial charge in [0.15, 0.2) is 5.82 Å². The summed E-state index contributed by atoms with van der Waals surface area (Å²) in [5.74, 6) is 0.888. The van der Waals surface area contributed by atoms with Crippen molar-refractivity contribution in [1.82, 2.24) is 19.5 Å². The van der Waals surface area contributed by atoms with Gasteiger partial charge in [-0.05, 0) is 38.1 Å². The molecule has 4 heteroatoms. The molecule has 0 aliphatic heterocycles. The summed E-state index contributed by atoms with van der Waals surface area (Å²) in [4.78, 5) is 14.3. The van der Waals surface area contributed by atoms with E-state index in [2.05, 4.69) is 22.5 Å². The Morgan fingerprint density at radius 3 is 2.18 bits per heavy atom. The van der Waals surface area contributed by atoms with Crippen LogP contribution in [-0.4, -0.2) is 19.5 Å². The van der Waals surface area contributed by atoms with Crippen LogP contribution in [-0.2, 0) is 6.54 Å². The first-order valence-electron chi connectivity index (χ1n) is 7.47. The van der Waals surface area contributed by atoms with Gasteiger partial charge in [-0.3, -0.25) is 0 Å². The van der Waals surface area contributed by atoms with Gasteiger partial charge in [-0.25, -0.2) is 15.0 Å². The van der Waals surface area contributed by atoms with Crippen molar-refractivity contribution in [3.05, 3.63) is 54.2 Å². The highest BCUT2D eigenvalue weighted by Gasteiger charge is 2.16. The average molecular weight is 288 g/mol. The summed E-state index contributed by atoms with van der Waals surface area (Å²) in [6.45, 7) is 4.97. The highest BCUT2D eigenvalue weighted by atomic mass is 15.1. The van der Waals surface area contributed by atoms with Crippen molar-refractivity contribution in [2.75, 3.05) is 0 Å². The average Bonchev–Trinajstić information content (AvgIpc) is 2.92. The van der Waals surface area contributed by atoms with Crippen molar-refractivity contribution >= 4 is 22.1 Å². The smallest absolute Gasteiger partial charge is 0.161 e. The number of aromatic nitrogens is 4. The molecule has 0 N–H and O–H groups in total. The fourth-order valence-electron chi connectivity index (χ4n) is 2.88. The second-order valence-electron chi connectivity index (χ2n) is 5.31. The largest absolute Gasteiger partial charge is 0.323 e.